The average Bonchev–Trinajstić information content (AvgIpc) is 3.04. The minimum Gasteiger partial charge on any atom is -0.462 e. The third-order valence-corrected chi connectivity index (χ3v) is 5.94. The average molecular weight is 354 g/mol. The molecular weight excluding hydrogens is 336 g/mol. The van der Waals surface area contributed by atoms with E-state index in [0.29, 0.717) is 11.4 Å². The number of thioether (sulfide) groups is 1. The van der Waals surface area contributed by atoms with E-state index in [9.17, 15) is 9.59 Å². The first-order valence-corrected chi connectivity index (χ1v) is 9.16. The largest absolute Gasteiger partial charge is 0.462 e. The maximum absolute atomic E-state index is 12.7. The molecule has 124 valence electrons. The van der Waals surface area contributed by atoms with Gasteiger partial charge < -0.3 is 15.4 Å². The predicted octanol–water partition coefficient (Wildman–Crippen LogP) is 0.732. The van der Waals surface area contributed by atoms with Crippen molar-refractivity contribution in [2.75, 3.05) is 12.3 Å². The summed E-state index contributed by atoms with van der Waals surface area (Å²) in [6, 6.07) is -0.467. The first-order chi connectivity index (χ1) is 10.9. The van der Waals surface area contributed by atoms with Gasteiger partial charge in [-0.15, -0.1) is 16.9 Å². The third kappa shape index (κ3) is 3.00. The number of carbonyl (C=O) groups excluding carboxylic acids is 2. The van der Waals surface area contributed by atoms with Gasteiger partial charge in [0.15, 0.2) is 0 Å². The van der Waals surface area contributed by atoms with Crippen LogP contribution < -0.4 is 5.73 Å². The smallest absolute Gasteiger partial charge is 0.318 e. The molecule has 23 heavy (non-hydrogen) atoms. The molecular formula is C14H18N4O3S2. The maximum Gasteiger partial charge on any atom is 0.318 e. The zero-order valence-electron chi connectivity index (χ0n) is 12.8. The van der Waals surface area contributed by atoms with Crippen LogP contribution in [-0.2, 0) is 14.3 Å². The number of nitrogens with two attached hydrogens (primary N) is 1. The van der Waals surface area contributed by atoms with Gasteiger partial charge in [0, 0.05) is 17.7 Å². The Hall–Kier alpha value is -1.45. The number of β-lactam (4-membered cyclic amide) rings is 1. The minimum absolute atomic E-state index is 0.0446. The first kappa shape index (κ1) is 16.4. The number of hydrogen-bond acceptors (Lipinski definition) is 8. The molecule has 0 aliphatic carbocycles. The first-order valence-electron chi connectivity index (χ1n) is 7.28. The molecule has 2 N–H and O–H groups in total. The Morgan fingerprint density at radius 2 is 2.39 bits per heavy atom. The molecule has 1 aromatic rings. The summed E-state index contributed by atoms with van der Waals surface area (Å²) in [6.07, 6.45) is 3.33. The molecule has 0 saturated carbocycles. The van der Waals surface area contributed by atoms with Crippen molar-refractivity contribution in [1.82, 2.24) is 14.5 Å². The van der Waals surface area contributed by atoms with E-state index in [1.165, 1.54) is 23.3 Å². The van der Waals surface area contributed by atoms with Gasteiger partial charge in [-0.3, -0.25) is 9.59 Å². The topological polar surface area (TPSA) is 98.4 Å². The van der Waals surface area contributed by atoms with Gasteiger partial charge in [-0.05, 0) is 31.5 Å². The Bertz CT molecular complexity index is 634. The van der Waals surface area contributed by atoms with Crippen molar-refractivity contribution in [2.45, 2.75) is 31.4 Å². The van der Waals surface area contributed by atoms with Crippen molar-refractivity contribution >= 4 is 41.2 Å². The summed E-state index contributed by atoms with van der Waals surface area (Å²) in [5.41, 5.74) is 5.61. The lowest BCUT2D eigenvalue weighted by atomic mass is 9.86. The second-order valence-electron chi connectivity index (χ2n) is 5.97. The number of aromatic nitrogens is 2. The Labute approximate surface area is 142 Å². The number of amides is 1. The maximum atomic E-state index is 12.7. The summed E-state index contributed by atoms with van der Waals surface area (Å²) in [5, 5.41) is 5.70. The van der Waals surface area contributed by atoms with Crippen LogP contribution in [0.5, 0.6) is 0 Å². The summed E-state index contributed by atoms with van der Waals surface area (Å²) >= 11 is 2.76. The quantitative estimate of drug-likeness (QED) is 0.629. The van der Waals surface area contributed by atoms with Crippen molar-refractivity contribution in [3.05, 3.63) is 17.2 Å². The molecule has 3 rings (SSSR count). The molecule has 1 aromatic heterocycles. The van der Waals surface area contributed by atoms with Crippen LogP contribution >= 0.6 is 23.3 Å². The number of carbonyl (C=O) groups is 2. The Morgan fingerprint density at radius 1 is 1.61 bits per heavy atom. The van der Waals surface area contributed by atoms with Crippen molar-refractivity contribution in [3.63, 3.8) is 0 Å². The molecule has 0 radical (unpaired) electrons. The number of ether oxygens (including phenoxy) is 1. The van der Waals surface area contributed by atoms with Crippen LogP contribution in [0.25, 0.3) is 6.08 Å². The molecule has 7 nitrogen and oxygen atoms in total. The Morgan fingerprint density at radius 3 is 3.04 bits per heavy atom. The highest BCUT2D eigenvalue weighted by atomic mass is 32.2. The Balaban J connectivity index is 1.85. The number of rotatable bonds is 4. The van der Waals surface area contributed by atoms with Gasteiger partial charge in [0.25, 0.3) is 0 Å². The number of nitrogens with zero attached hydrogens (tertiary/aromatic N) is 3. The van der Waals surface area contributed by atoms with Gasteiger partial charge in [-0.1, -0.05) is 10.6 Å². The second-order valence-corrected chi connectivity index (χ2v) is 7.68. The van der Waals surface area contributed by atoms with Gasteiger partial charge in [0.05, 0.1) is 11.8 Å². The lowest BCUT2D eigenvalue weighted by Crippen LogP contribution is -2.72. The van der Waals surface area contributed by atoms with E-state index >= 15 is 0 Å². The number of fused-ring (bicyclic) bond motifs is 1. The van der Waals surface area contributed by atoms with E-state index in [0.717, 1.165) is 0 Å². The lowest BCUT2D eigenvalue weighted by molar-refractivity contribution is -0.161. The van der Waals surface area contributed by atoms with Crippen LogP contribution in [0, 0.1) is 5.41 Å². The molecule has 0 aromatic carbocycles. The molecule has 3 atom stereocenters. The zero-order chi connectivity index (χ0) is 16.6. The molecule has 0 spiro atoms. The van der Waals surface area contributed by atoms with Gasteiger partial charge in [-0.2, -0.15) is 0 Å². The molecule has 3 heterocycles. The van der Waals surface area contributed by atoms with Crippen LogP contribution in [0.3, 0.4) is 0 Å². The van der Waals surface area contributed by atoms with Crippen molar-refractivity contribution in [1.29, 1.82) is 0 Å². The Kier molecular flexibility index (Phi) is 4.43. The lowest BCUT2D eigenvalue weighted by Gasteiger charge is -2.52. The van der Waals surface area contributed by atoms with E-state index in [1.807, 2.05) is 13.8 Å². The fourth-order valence-electron chi connectivity index (χ4n) is 2.61. The molecule has 2 aliphatic rings. The van der Waals surface area contributed by atoms with Crippen LogP contribution in [-0.4, -0.2) is 56.2 Å². The van der Waals surface area contributed by atoms with E-state index in [-0.39, 0.29) is 29.9 Å². The van der Waals surface area contributed by atoms with E-state index in [4.69, 9.17) is 10.5 Å². The number of hydrogen-bond donors (Lipinski definition) is 1. The second kappa shape index (κ2) is 6.21. The highest BCUT2D eigenvalue weighted by molar-refractivity contribution is 8.00. The molecule has 2 aliphatic heterocycles. The van der Waals surface area contributed by atoms with Crippen LogP contribution in [0.15, 0.2) is 11.5 Å². The van der Waals surface area contributed by atoms with Crippen molar-refractivity contribution in [2.24, 2.45) is 11.1 Å². The van der Waals surface area contributed by atoms with Crippen LogP contribution in [0.2, 0.25) is 0 Å². The zero-order valence-corrected chi connectivity index (χ0v) is 14.5. The molecule has 2 fully saturated rings. The monoisotopic (exact) mass is 354 g/mol. The molecule has 1 amide bonds. The normalized spacial score (nSPS) is 30.4. The van der Waals surface area contributed by atoms with Gasteiger partial charge in [0.2, 0.25) is 5.91 Å². The molecule has 2 unspecified atom stereocenters. The third-order valence-electron chi connectivity index (χ3n) is 3.85. The fourth-order valence-corrected chi connectivity index (χ4v) is 4.49. The standard InChI is InChI=1S/C14H18N4O3S2/c1-8(2)21-13(20)14(4-3-9-5-23-17-16-9)6-18-11(19)10(15)12(18)22-7-14/h3-5,8,10,12H,6-7,15H2,1-2H3/t10?,12-,14?/m1/s1. The fraction of sp³-hybridized carbons (Fsp3) is 0.571. The highest BCUT2D eigenvalue weighted by Gasteiger charge is 2.55. The summed E-state index contributed by atoms with van der Waals surface area (Å²) in [7, 11) is 0. The summed E-state index contributed by atoms with van der Waals surface area (Å²) in [6.45, 7) is 3.91. The van der Waals surface area contributed by atoms with E-state index in [2.05, 4.69) is 9.59 Å². The molecule has 2 saturated heterocycles. The van der Waals surface area contributed by atoms with Crippen molar-refractivity contribution < 1.29 is 14.3 Å². The van der Waals surface area contributed by atoms with E-state index in [1.54, 1.807) is 22.4 Å². The van der Waals surface area contributed by atoms with Crippen LogP contribution in [0.1, 0.15) is 19.5 Å². The summed E-state index contributed by atoms with van der Waals surface area (Å²) < 4.78 is 9.23. The van der Waals surface area contributed by atoms with Gasteiger partial charge in [-0.25, -0.2) is 0 Å². The predicted molar refractivity (Wildman–Crippen MR) is 88.5 cm³/mol. The van der Waals surface area contributed by atoms with Gasteiger partial charge in [0.1, 0.15) is 16.8 Å². The van der Waals surface area contributed by atoms with Crippen LogP contribution in [0.4, 0.5) is 0 Å². The minimum atomic E-state index is -0.884. The summed E-state index contributed by atoms with van der Waals surface area (Å²) in [5.74, 6) is 0.0770. The molecule has 0 bridgehead atoms. The number of esters is 1. The SMILES string of the molecule is CC(C)OC(=O)C1(C=Cc2csnn2)CS[C@@H]2C(N)C(=O)N2C1. The highest BCUT2D eigenvalue weighted by Crippen LogP contribution is 2.43. The van der Waals surface area contributed by atoms with Crippen molar-refractivity contribution in [3.8, 4) is 0 Å². The summed E-state index contributed by atoms with van der Waals surface area (Å²) in [4.78, 5) is 26.3. The van der Waals surface area contributed by atoms with Gasteiger partial charge >= 0.3 is 5.97 Å². The molecule has 9 heteroatoms. The van der Waals surface area contributed by atoms with E-state index < -0.39 is 11.5 Å².